The molecule has 0 N–H and O–H groups in total. The highest BCUT2D eigenvalue weighted by Crippen LogP contribution is 2.26. The Labute approximate surface area is 174 Å². The molecule has 30 heavy (non-hydrogen) atoms. The lowest BCUT2D eigenvalue weighted by Gasteiger charge is -2.38. The lowest BCUT2D eigenvalue weighted by molar-refractivity contribution is -0.121. The number of rotatable bonds is 5. The zero-order valence-corrected chi connectivity index (χ0v) is 17.0. The Morgan fingerprint density at radius 2 is 1.90 bits per heavy atom. The van der Waals surface area contributed by atoms with Crippen LogP contribution < -0.4 is 9.80 Å². The summed E-state index contributed by atoms with van der Waals surface area (Å²) in [6, 6.07) is 11.9. The minimum atomic E-state index is -0.0414. The van der Waals surface area contributed by atoms with Gasteiger partial charge in [0.1, 0.15) is 12.1 Å². The first-order chi connectivity index (χ1) is 14.7. The van der Waals surface area contributed by atoms with Crippen molar-refractivity contribution in [3.8, 4) is 0 Å². The predicted octanol–water partition coefficient (Wildman–Crippen LogP) is 1.20. The van der Waals surface area contributed by atoms with Gasteiger partial charge < -0.3 is 14.5 Å². The quantitative estimate of drug-likeness (QED) is 0.629. The standard InChI is InChI=1S/C21H25N7O2/c1-30-14-16-13-19(28-21(24-16)22-15-23-28)26-11-9-25(10-12-26)18-7-8-27(20(18)29)17-5-3-2-4-6-17/h2-6,13,15,18H,7-12,14H2,1H3. The highest BCUT2D eigenvalue weighted by Gasteiger charge is 2.38. The van der Waals surface area contributed by atoms with Crippen LogP contribution >= 0.6 is 0 Å². The van der Waals surface area contributed by atoms with Crippen molar-refractivity contribution in [3.05, 3.63) is 48.4 Å². The number of hydrogen-bond acceptors (Lipinski definition) is 7. The molecule has 0 radical (unpaired) electrons. The van der Waals surface area contributed by atoms with Gasteiger partial charge >= 0.3 is 0 Å². The molecule has 4 heterocycles. The van der Waals surface area contributed by atoms with E-state index in [0.717, 1.165) is 56.3 Å². The Kier molecular flexibility index (Phi) is 5.06. The molecule has 1 amide bonds. The van der Waals surface area contributed by atoms with Gasteiger partial charge in [-0.2, -0.15) is 14.6 Å². The Bertz CT molecular complexity index is 1030. The number of carbonyl (C=O) groups excluding carboxylic acids is 1. The lowest BCUT2D eigenvalue weighted by atomic mass is 10.1. The largest absolute Gasteiger partial charge is 0.378 e. The van der Waals surface area contributed by atoms with E-state index in [2.05, 4.69) is 24.9 Å². The lowest BCUT2D eigenvalue weighted by Crippen LogP contribution is -2.53. The van der Waals surface area contributed by atoms with Crippen molar-refractivity contribution in [2.45, 2.75) is 19.1 Å². The van der Waals surface area contributed by atoms with Crippen LogP contribution in [0.15, 0.2) is 42.7 Å². The summed E-state index contributed by atoms with van der Waals surface area (Å²) in [7, 11) is 1.66. The van der Waals surface area contributed by atoms with Gasteiger partial charge in [-0.1, -0.05) is 18.2 Å². The van der Waals surface area contributed by atoms with E-state index in [4.69, 9.17) is 4.74 Å². The van der Waals surface area contributed by atoms with Gasteiger partial charge in [-0.25, -0.2) is 4.98 Å². The molecule has 0 aliphatic carbocycles. The van der Waals surface area contributed by atoms with E-state index in [1.54, 1.807) is 11.6 Å². The maximum atomic E-state index is 13.0. The van der Waals surface area contributed by atoms with Gasteiger partial charge in [-0.15, -0.1) is 0 Å². The average Bonchev–Trinajstić information content (AvgIpc) is 3.41. The van der Waals surface area contributed by atoms with E-state index < -0.39 is 0 Å². The predicted molar refractivity (Wildman–Crippen MR) is 112 cm³/mol. The molecule has 2 saturated heterocycles. The van der Waals surface area contributed by atoms with Gasteiger partial charge in [0.25, 0.3) is 5.78 Å². The van der Waals surface area contributed by atoms with Gasteiger partial charge in [0, 0.05) is 51.6 Å². The molecule has 9 heteroatoms. The number of aromatic nitrogens is 4. The molecule has 1 atom stereocenters. The topological polar surface area (TPSA) is 79.1 Å². The van der Waals surface area contributed by atoms with Crippen LogP contribution in [-0.2, 0) is 16.1 Å². The SMILES string of the molecule is COCc1cc(N2CCN(C3CCN(c4ccccc4)C3=O)CC2)n2ncnc2n1. The second-order valence-electron chi connectivity index (χ2n) is 7.66. The minimum Gasteiger partial charge on any atom is -0.378 e. The molecule has 1 aromatic carbocycles. The van der Waals surface area contributed by atoms with E-state index >= 15 is 0 Å². The van der Waals surface area contributed by atoms with Crippen LogP contribution in [-0.4, -0.2) is 76.3 Å². The van der Waals surface area contributed by atoms with Gasteiger partial charge in [-0.05, 0) is 18.6 Å². The summed E-state index contributed by atoms with van der Waals surface area (Å²) in [5, 5.41) is 4.33. The molecule has 3 aromatic rings. The second-order valence-corrected chi connectivity index (χ2v) is 7.66. The third-order valence-electron chi connectivity index (χ3n) is 5.90. The molecule has 2 aliphatic rings. The first kappa shape index (κ1) is 19.0. The number of ether oxygens (including phenoxy) is 1. The summed E-state index contributed by atoms with van der Waals surface area (Å²) in [6.45, 7) is 4.51. The van der Waals surface area contributed by atoms with Crippen molar-refractivity contribution >= 4 is 23.2 Å². The first-order valence-electron chi connectivity index (χ1n) is 10.3. The summed E-state index contributed by atoms with van der Waals surface area (Å²) in [5.74, 6) is 1.75. The van der Waals surface area contributed by atoms with Crippen molar-refractivity contribution in [2.75, 3.05) is 49.6 Å². The number of nitrogens with zero attached hydrogens (tertiary/aromatic N) is 7. The molecule has 156 valence electrons. The molecule has 5 rings (SSSR count). The molecular formula is C21H25N7O2. The summed E-state index contributed by atoms with van der Waals surface area (Å²) >= 11 is 0. The highest BCUT2D eigenvalue weighted by atomic mass is 16.5. The monoisotopic (exact) mass is 407 g/mol. The van der Waals surface area contributed by atoms with E-state index in [1.165, 1.54) is 6.33 Å². The van der Waals surface area contributed by atoms with Crippen LogP contribution in [0, 0.1) is 0 Å². The molecule has 0 saturated carbocycles. The summed E-state index contributed by atoms with van der Waals surface area (Å²) < 4.78 is 7.02. The summed E-state index contributed by atoms with van der Waals surface area (Å²) in [4.78, 5) is 28.3. The minimum absolute atomic E-state index is 0.0414. The second kappa shape index (κ2) is 8.00. The number of fused-ring (bicyclic) bond motifs is 1. The maximum Gasteiger partial charge on any atom is 0.254 e. The molecule has 2 aliphatic heterocycles. The summed E-state index contributed by atoms with van der Waals surface area (Å²) in [5.41, 5.74) is 1.82. The fourth-order valence-corrected chi connectivity index (χ4v) is 4.42. The number of para-hydroxylation sites is 1. The Hall–Kier alpha value is -3.04. The van der Waals surface area contributed by atoms with Gasteiger partial charge in [0.2, 0.25) is 5.91 Å². The molecular weight excluding hydrogens is 382 g/mol. The average molecular weight is 407 g/mol. The summed E-state index contributed by atoms with van der Waals surface area (Å²) in [6.07, 6.45) is 2.39. The highest BCUT2D eigenvalue weighted by molar-refractivity contribution is 5.99. The number of anilines is 2. The molecule has 0 spiro atoms. The molecule has 0 bridgehead atoms. The first-order valence-corrected chi connectivity index (χ1v) is 10.3. The van der Waals surface area contributed by atoms with Crippen molar-refractivity contribution in [1.82, 2.24) is 24.5 Å². The number of hydrogen-bond donors (Lipinski definition) is 0. The normalized spacial score (nSPS) is 20.4. The smallest absolute Gasteiger partial charge is 0.254 e. The van der Waals surface area contributed by atoms with Gasteiger partial charge in [0.15, 0.2) is 0 Å². The Morgan fingerprint density at radius 1 is 1.10 bits per heavy atom. The number of benzene rings is 1. The molecule has 2 aromatic heterocycles. The van der Waals surface area contributed by atoms with Crippen LogP contribution in [0.1, 0.15) is 12.1 Å². The zero-order valence-electron chi connectivity index (χ0n) is 17.0. The molecule has 2 fully saturated rings. The number of methoxy groups -OCH3 is 1. The molecule has 9 nitrogen and oxygen atoms in total. The Balaban J connectivity index is 1.29. The van der Waals surface area contributed by atoms with Crippen molar-refractivity contribution in [1.29, 1.82) is 0 Å². The van der Waals surface area contributed by atoms with Gasteiger partial charge in [-0.3, -0.25) is 9.69 Å². The van der Waals surface area contributed by atoms with Crippen LogP contribution in [0.5, 0.6) is 0 Å². The fraction of sp³-hybridized carbons (Fsp3) is 0.429. The fourth-order valence-electron chi connectivity index (χ4n) is 4.42. The van der Waals surface area contributed by atoms with Crippen molar-refractivity contribution in [2.24, 2.45) is 0 Å². The van der Waals surface area contributed by atoms with E-state index in [0.29, 0.717) is 12.4 Å². The number of piperazine rings is 1. The number of amides is 1. The maximum absolute atomic E-state index is 13.0. The van der Waals surface area contributed by atoms with E-state index in [1.807, 2.05) is 41.3 Å². The van der Waals surface area contributed by atoms with E-state index in [-0.39, 0.29) is 11.9 Å². The van der Waals surface area contributed by atoms with E-state index in [9.17, 15) is 4.79 Å². The van der Waals surface area contributed by atoms with Crippen LogP contribution in [0.25, 0.3) is 5.78 Å². The number of carbonyl (C=O) groups is 1. The van der Waals surface area contributed by atoms with Crippen LogP contribution in [0.3, 0.4) is 0 Å². The molecule has 1 unspecified atom stereocenters. The Morgan fingerprint density at radius 3 is 2.67 bits per heavy atom. The van der Waals surface area contributed by atoms with Crippen molar-refractivity contribution < 1.29 is 9.53 Å². The zero-order chi connectivity index (χ0) is 20.5. The third kappa shape index (κ3) is 3.40. The van der Waals surface area contributed by atoms with Crippen molar-refractivity contribution in [3.63, 3.8) is 0 Å². The third-order valence-corrected chi connectivity index (χ3v) is 5.90. The van der Waals surface area contributed by atoms with Crippen LogP contribution in [0.2, 0.25) is 0 Å². The van der Waals surface area contributed by atoms with Crippen LogP contribution in [0.4, 0.5) is 11.5 Å². The van der Waals surface area contributed by atoms with Gasteiger partial charge in [0.05, 0.1) is 18.3 Å².